The number of thiocarbonyl (C=S) groups is 1. The summed E-state index contributed by atoms with van der Waals surface area (Å²) in [5.74, 6) is -0.605. The van der Waals surface area contributed by atoms with Crippen molar-refractivity contribution in [1.82, 2.24) is 5.32 Å². The maximum atomic E-state index is 10.9. The van der Waals surface area contributed by atoms with Crippen LogP contribution >= 0.6 is 12.2 Å². The fourth-order valence-corrected chi connectivity index (χ4v) is 0.998. The average Bonchev–Trinajstić information content (AvgIpc) is 2.21. The van der Waals surface area contributed by atoms with Crippen molar-refractivity contribution in [1.29, 1.82) is 0 Å². The van der Waals surface area contributed by atoms with Gasteiger partial charge in [0.05, 0.1) is 12.3 Å². The van der Waals surface area contributed by atoms with Crippen LogP contribution in [0.1, 0.15) is 12.8 Å². The zero-order valence-electron chi connectivity index (χ0n) is 8.36. The third-order valence-electron chi connectivity index (χ3n) is 1.65. The molecule has 0 fully saturated rings. The van der Waals surface area contributed by atoms with Gasteiger partial charge in [-0.2, -0.15) is 0 Å². The first-order valence-electron chi connectivity index (χ1n) is 4.29. The van der Waals surface area contributed by atoms with E-state index in [0.717, 1.165) is 0 Å². The minimum Gasteiger partial charge on any atom is -0.453 e. The molecule has 0 spiro atoms. The Morgan fingerprint density at radius 2 is 2.33 bits per heavy atom. The Morgan fingerprint density at radius 1 is 1.67 bits per heavy atom. The van der Waals surface area contributed by atoms with E-state index in [9.17, 15) is 9.59 Å². The highest BCUT2D eigenvalue weighted by molar-refractivity contribution is 7.78. The lowest BCUT2D eigenvalue weighted by Gasteiger charge is -2.13. The normalized spacial score (nSPS) is 11.0. The molecular weight excluding hydrogens is 218 g/mol. The maximum absolute atomic E-state index is 10.9. The van der Waals surface area contributed by atoms with Crippen LogP contribution in [0.2, 0.25) is 0 Å². The highest BCUT2D eigenvalue weighted by Crippen LogP contribution is 1.97. The van der Waals surface area contributed by atoms with E-state index in [1.807, 2.05) is 0 Å². The average molecular weight is 231 g/mol. The van der Waals surface area contributed by atoms with E-state index in [-0.39, 0.29) is 0 Å². The van der Waals surface area contributed by atoms with E-state index < -0.39 is 18.0 Å². The summed E-state index contributed by atoms with van der Waals surface area (Å²) in [6, 6.07) is -0.738. The molecule has 0 saturated carbocycles. The molecule has 0 heterocycles. The van der Waals surface area contributed by atoms with Crippen molar-refractivity contribution in [2.24, 2.45) is 10.7 Å². The molecule has 0 aliphatic carbocycles. The molecule has 2 amide bonds. The van der Waals surface area contributed by atoms with Crippen LogP contribution in [0.3, 0.4) is 0 Å². The number of ether oxygens (including phenoxy) is 1. The molecule has 0 radical (unpaired) electrons. The molecule has 6 nitrogen and oxygen atoms in total. The Balaban J connectivity index is 3.99. The Morgan fingerprint density at radius 3 is 2.80 bits per heavy atom. The van der Waals surface area contributed by atoms with Crippen LogP contribution < -0.4 is 11.1 Å². The van der Waals surface area contributed by atoms with Crippen LogP contribution in [0.5, 0.6) is 0 Å². The topological polar surface area (TPSA) is 93.8 Å². The van der Waals surface area contributed by atoms with Crippen LogP contribution in [-0.2, 0) is 9.53 Å². The van der Waals surface area contributed by atoms with Gasteiger partial charge in [0.25, 0.3) is 0 Å². The minimum atomic E-state index is -0.738. The van der Waals surface area contributed by atoms with Gasteiger partial charge in [-0.1, -0.05) is 0 Å². The third-order valence-corrected chi connectivity index (χ3v) is 1.78. The van der Waals surface area contributed by atoms with E-state index in [0.29, 0.717) is 19.4 Å². The van der Waals surface area contributed by atoms with E-state index in [1.165, 1.54) is 7.11 Å². The molecule has 15 heavy (non-hydrogen) atoms. The first-order chi connectivity index (χ1) is 7.11. The standard InChI is InChI=1S/C8H13N3O3S/c1-14-8(13)11-6(7(9)12)3-2-4-10-5-15/h6H,2-4H2,1H3,(H2,9,12)(H,11,13)/t6-/m0/s1. The second kappa shape index (κ2) is 7.90. The SMILES string of the molecule is COC(=O)N[C@@H](CCCN=C=S)C(N)=O. The summed E-state index contributed by atoms with van der Waals surface area (Å²) < 4.78 is 4.35. The Hall–Kier alpha value is -1.46. The zero-order chi connectivity index (χ0) is 11.7. The monoisotopic (exact) mass is 231 g/mol. The molecule has 0 aromatic heterocycles. The van der Waals surface area contributed by atoms with Gasteiger partial charge in [-0.15, -0.1) is 0 Å². The van der Waals surface area contributed by atoms with Gasteiger partial charge >= 0.3 is 6.09 Å². The van der Waals surface area contributed by atoms with Gasteiger partial charge < -0.3 is 15.8 Å². The molecule has 0 aliphatic heterocycles. The fourth-order valence-electron chi connectivity index (χ4n) is 0.907. The number of aliphatic imine (C=N–C) groups is 1. The van der Waals surface area contributed by atoms with Gasteiger partial charge in [-0.3, -0.25) is 4.79 Å². The molecule has 0 bridgehead atoms. The number of amides is 2. The van der Waals surface area contributed by atoms with Gasteiger partial charge in [-0.25, -0.2) is 9.79 Å². The summed E-state index contributed by atoms with van der Waals surface area (Å²) in [6.45, 7) is 0.454. The summed E-state index contributed by atoms with van der Waals surface area (Å²) in [4.78, 5) is 25.4. The predicted octanol–water partition coefficient (Wildman–Crippen LogP) is 0.0793. The van der Waals surface area contributed by atoms with Gasteiger partial charge in [0.2, 0.25) is 5.91 Å². The quantitative estimate of drug-likeness (QED) is 0.384. The number of isothiocyanates is 1. The summed E-state index contributed by atoms with van der Waals surface area (Å²) in [7, 11) is 1.21. The van der Waals surface area contributed by atoms with Crippen molar-refractivity contribution < 1.29 is 14.3 Å². The van der Waals surface area contributed by atoms with Crippen LogP contribution in [0.25, 0.3) is 0 Å². The van der Waals surface area contributed by atoms with E-state index in [1.54, 1.807) is 0 Å². The van der Waals surface area contributed by atoms with Crippen molar-refractivity contribution in [3.8, 4) is 0 Å². The molecule has 0 aromatic rings. The summed E-state index contributed by atoms with van der Waals surface area (Å²) in [5, 5.41) is 4.52. The summed E-state index contributed by atoms with van der Waals surface area (Å²) >= 11 is 4.37. The van der Waals surface area contributed by atoms with Gasteiger partial charge in [0.1, 0.15) is 6.04 Å². The summed E-state index contributed by atoms with van der Waals surface area (Å²) in [5.41, 5.74) is 5.08. The van der Waals surface area contributed by atoms with Crippen LogP contribution in [-0.4, -0.2) is 36.9 Å². The van der Waals surface area contributed by atoms with Crippen molar-refractivity contribution in [2.75, 3.05) is 13.7 Å². The number of nitrogens with two attached hydrogens (primary N) is 1. The molecule has 3 N–H and O–H groups in total. The molecule has 0 aliphatic rings. The van der Waals surface area contributed by atoms with Crippen molar-refractivity contribution >= 4 is 29.4 Å². The number of rotatable bonds is 6. The van der Waals surface area contributed by atoms with Gasteiger partial charge in [0.15, 0.2) is 0 Å². The Bertz CT molecular complexity index is 276. The lowest BCUT2D eigenvalue weighted by Crippen LogP contribution is -2.44. The lowest BCUT2D eigenvalue weighted by molar-refractivity contribution is -0.120. The highest BCUT2D eigenvalue weighted by Gasteiger charge is 2.17. The molecule has 84 valence electrons. The molecule has 0 aromatic carbocycles. The largest absolute Gasteiger partial charge is 0.453 e. The zero-order valence-corrected chi connectivity index (χ0v) is 9.17. The highest BCUT2D eigenvalue weighted by atomic mass is 32.1. The first-order valence-corrected chi connectivity index (χ1v) is 4.70. The van der Waals surface area contributed by atoms with Gasteiger partial charge in [-0.05, 0) is 25.1 Å². The number of carbonyl (C=O) groups excluding carboxylic acids is 2. The maximum Gasteiger partial charge on any atom is 0.407 e. The number of nitrogens with one attached hydrogen (secondary N) is 1. The third kappa shape index (κ3) is 6.59. The number of hydrogen-bond acceptors (Lipinski definition) is 5. The molecule has 0 rings (SSSR count). The molecule has 7 heteroatoms. The van der Waals surface area contributed by atoms with Crippen LogP contribution in [0.15, 0.2) is 4.99 Å². The number of hydrogen-bond donors (Lipinski definition) is 2. The van der Waals surface area contributed by atoms with E-state index in [4.69, 9.17) is 5.73 Å². The minimum absolute atomic E-state index is 0.394. The number of methoxy groups -OCH3 is 1. The second-order valence-electron chi connectivity index (χ2n) is 2.71. The van der Waals surface area contributed by atoms with E-state index >= 15 is 0 Å². The smallest absolute Gasteiger partial charge is 0.407 e. The second-order valence-corrected chi connectivity index (χ2v) is 2.89. The van der Waals surface area contributed by atoms with Crippen LogP contribution in [0, 0.1) is 0 Å². The number of alkyl carbamates (subject to hydrolysis) is 1. The molecule has 1 atom stereocenters. The Kier molecular flexibility index (Phi) is 7.13. The lowest BCUT2D eigenvalue weighted by atomic mass is 10.1. The van der Waals surface area contributed by atoms with E-state index in [2.05, 4.69) is 32.4 Å². The van der Waals surface area contributed by atoms with Crippen LogP contribution in [0.4, 0.5) is 4.79 Å². The van der Waals surface area contributed by atoms with Crippen molar-refractivity contribution in [2.45, 2.75) is 18.9 Å². The molecule has 0 saturated heterocycles. The first kappa shape index (κ1) is 13.5. The molecular formula is C8H13N3O3S. The predicted molar refractivity (Wildman–Crippen MR) is 57.7 cm³/mol. The number of nitrogens with zero attached hydrogens (tertiary/aromatic N) is 1. The van der Waals surface area contributed by atoms with Crippen molar-refractivity contribution in [3.63, 3.8) is 0 Å². The van der Waals surface area contributed by atoms with Crippen molar-refractivity contribution in [3.05, 3.63) is 0 Å². The number of carbonyl (C=O) groups is 2. The summed E-state index contributed by atoms with van der Waals surface area (Å²) in [6.07, 6.45) is 0.295. The molecule has 0 unspecified atom stereocenters. The van der Waals surface area contributed by atoms with Gasteiger partial charge in [0, 0.05) is 6.54 Å². The number of primary amides is 1. The Labute approximate surface area is 92.9 Å². The fraction of sp³-hybridized carbons (Fsp3) is 0.625.